The number of aromatic nitrogens is 2. The number of halogens is 1. The van der Waals surface area contributed by atoms with Crippen molar-refractivity contribution in [3.05, 3.63) is 23.2 Å². The molecule has 144 valence electrons. The van der Waals surface area contributed by atoms with E-state index in [0.717, 1.165) is 18.2 Å². The Balaban J connectivity index is 2.70. The van der Waals surface area contributed by atoms with Gasteiger partial charge in [0.15, 0.2) is 6.61 Å². The highest BCUT2D eigenvalue weighted by Crippen LogP contribution is 2.21. The Morgan fingerprint density at radius 2 is 2.15 bits per heavy atom. The molecule has 26 heavy (non-hydrogen) atoms. The second kappa shape index (κ2) is 9.97. The fraction of sp³-hybridized carbons (Fsp3) is 0.579. The number of rotatable bonds is 8. The Morgan fingerprint density at radius 1 is 1.46 bits per heavy atom. The van der Waals surface area contributed by atoms with E-state index in [1.165, 1.54) is 6.21 Å². The zero-order chi connectivity index (χ0) is 19.7. The van der Waals surface area contributed by atoms with Crippen molar-refractivity contribution in [2.75, 3.05) is 13.7 Å². The highest BCUT2D eigenvalue weighted by atomic mass is 19.1. The lowest BCUT2D eigenvalue weighted by Gasteiger charge is -2.13. The third-order valence-electron chi connectivity index (χ3n) is 3.67. The summed E-state index contributed by atoms with van der Waals surface area (Å²) in [5, 5.41) is 8.12. The van der Waals surface area contributed by atoms with Gasteiger partial charge in [-0.15, -0.1) is 0 Å². The van der Waals surface area contributed by atoms with Gasteiger partial charge in [-0.25, -0.2) is 9.07 Å². The molecule has 0 radical (unpaired) electrons. The minimum absolute atomic E-state index is 0.0492. The van der Waals surface area contributed by atoms with Gasteiger partial charge in [0.05, 0.1) is 23.6 Å². The minimum Gasteiger partial charge on any atom is -0.474 e. The molecule has 0 aliphatic carbocycles. The second-order valence-electron chi connectivity index (χ2n) is 6.35. The minimum atomic E-state index is -0.625. The summed E-state index contributed by atoms with van der Waals surface area (Å²) in [5.41, 5.74) is 0.834. The van der Waals surface area contributed by atoms with Crippen LogP contribution in [0.25, 0.3) is 0 Å². The lowest BCUT2D eigenvalue weighted by atomic mass is 10.1. The summed E-state index contributed by atoms with van der Waals surface area (Å²) in [6, 6.07) is 0. The summed E-state index contributed by atoms with van der Waals surface area (Å²) >= 11 is 0. The van der Waals surface area contributed by atoms with E-state index >= 15 is 0 Å². The van der Waals surface area contributed by atoms with Gasteiger partial charge in [-0.1, -0.05) is 23.9 Å². The number of aryl methyl sites for hydroxylation is 2. The van der Waals surface area contributed by atoms with Crippen molar-refractivity contribution in [1.82, 2.24) is 9.78 Å². The van der Waals surface area contributed by atoms with Gasteiger partial charge in [0.1, 0.15) is 11.4 Å². The SMILES string of the molecule is CCC(C)Oc1c(C=NOCC(F)=CC#CC(C)(C)OC)c(C)nn1C. The third kappa shape index (κ3) is 6.89. The van der Waals surface area contributed by atoms with Gasteiger partial charge in [0, 0.05) is 20.2 Å². The Bertz CT molecular complexity index is 712. The first-order valence-corrected chi connectivity index (χ1v) is 8.48. The average molecular weight is 365 g/mol. The molecule has 0 fully saturated rings. The molecule has 1 rings (SSSR count). The van der Waals surface area contributed by atoms with Crippen molar-refractivity contribution in [2.45, 2.75) is 52.7 Å². The van der Waals surface area contributed by atoms with Gasteiger partial charge in [-0.05, 0) is 34.1 Å². The zero-order valence-corrected chi connectivity index (χ0v) is 16.6. The molecule has 0 amide bonds. The summed E-state index contributed by atoms with van der Waals surface area (Å²) in [6.07, 6.45) is 3.54. The van der Waals surface area contributed by atoms with E-state index in [0.29, 0.717) is 11.4 Å². The molecule has 1 unspecified atom stereocenters. The predicted molar refractivity (Wildman–Crippen MR) is 99.9 cm³/mol. The van der Waals surface area contributed by atoms with Gasteiger partial charge in [0.2, 0.25) is 5.88 Å². The standard InChI is InChI=1S/C19H28FN3O3/c1-8-14(2)26-18-17(15(3)22-23(18)6)12-21-25-13-16(20)10-9-11-19(4,5)24-7/h10,12,14H,8,13H2,1-7H3. The maximum Gasteiger partial charge on any atom is 0.221 e. The van der Waals surface area contributed by atoms with Gasteiger partial charge in [-0.3, -0.25) is 0 Å². The Hall–Kier alpha value is -2.33. The lowest BCUT2D eigenvalue weighted by molar-refractivity contribution is 0.0742. The Morgan fingerprint density at radius 3 is 2.77 bits per heavy atom. The molecule has 0 N–H and O–H groups in total. The molecule has 0 aliphatic heterocycles. The largest absolute Gasteiger partial charge is 0.474 e. The first-order chi connectivity index (χ1) is 12.2. The van der Waals surface area contributed by atoms with Crippen LogP contribution in [0.15, 0.2) is 17.1 Å². The molecule has 0 aliphatic rings. The number of hydrogen-bond acceptors (Lipinski definition) is 5. The molecule has 1 atom stereocenters. The van der Waals surface area contributed by atoms with Crippen molar-refractivity contribution < 1.29 is 18.7 Å². The van der Waals surface area contributed by atoms with Gasteiger partial charge in [-0.2, -0.15) is 5.10 Å². The first kappa shape index (κ1) is 21.7. The zero-order valence-electron chi connectivity index (χ0n) is 16.6. The normalized spacial score (nSPS) is 13.5. The number of hydrogen-bond donors (Lipinski definition) is 0. The molecule has 0 saturated heterocycles. The monoisotopic (exact) mass is 365 g/mol. The van der Waals surface area contributed by atoms with E-state index in [9.17, 15) is 4.39 Å². The van der Waals surface area contributed by atoms with Crippen LogP contribution in [-0.4, -0.2) is 41.4 Å². The van der Waals surface area contributed by atoms with E-state index in [4.69, 9.17) is 14.3 Å². The molecule has 0 aromatic carbocycles. The van der Waals surface area contributed by atoms with E-state index in [-0.39, 0.29) is 12.7 Å². The van der Waals surface area contributed by atoms with E-state index < -0.39 is 11.4 Å². The van der Waals surface area contributed by atoms with Crippen LogP contribution in [0, 0.1) is 18.8 Å². The summed E-state index contributed by atoms with van der Waals surface area (Å²) in [5.74, 6) is 5.47. The van der Waals surface area contributed by atoms with Crippen LogP contribution in [0.4, 0.5) is 4.39 Å². The molecule has 0 bridgehead atoms. The number of allylic oxidation sites excluding steroid dienone is 1. The van der Waals surface area contributed by atoms with E-state index in [2.05, 4.69) is 22.1 Å². The Kier molecular flexibility index (Phi) is 8.33. The highest BCUT2D eigenvalue weighted by Gasteiger charge is 2.15. The summed E-state index contributed by atoms with van der Waals surface area (Å²) in [4.78, 5) is 4.99. The summed E-state index contributed by atoms with van der Waals surface area (Å²) in [6.45, 7) is 9.14. The van der Waals surface area contributed by atoms with Gasteiger partial charge >= 0.3 is 0 Å². The first-order valence-electron chi connectivity index (χ1n) is 8.48. The van der Waals surface area contributed by atoms with Crippen molar-refractivity contribution in [2.24, 2.45) is 12.2 Å². The van der Waals surface area contributed by atoms with Crippen LogP contribution in [0.5, 0.6) is 5.88 Å². The van der Waals surface area contributed by atoms with Crippen LogP contribution in [0.2, 0.25) is 0 Å². The number of ether oxygens (including phenoxy) is 2. The highest BCUT2D eigenvalue weighted by molar-refractivity contribution is 5.83. The fourth-order valence-electron chi connectivity index (χ4n) is 1.79. The Labute approximate surface area is 155 Å². The molecule has 1 aromatic heterocycles. The second-order valence-corrected chi connectivity index (χ2v) is 6.35. The quantitative estimate of drug-likeness (QED) is 0.402. The maximum absolute atomic E-state index is 13.7. The van der Waals surface area contributed by atoms with Crippen LogP contribution in [0.3, 0.4) is 0 Å². The number of oxime groups is 1. The molecular weight excluding hydrogens is 337 g/mol. The number of nitrogens with zero attached hydrogens (tertiary/aromatic N) is 3. The van der Waals surface area contributed by atoms with Crippen LogP contribution in [0.1, 0.15) is 45.4 Å². The van der Waals surface area contributed by atoms with Gasteiger partial charge < -0.3 is 14.3 Å². The summed E-state index contributed by atoms with van der Waals surface area (Å²) in [7, 11) is 3.34. The predicted octanol–water partition coefficient (Wildman–Crippen LogP) is 3.54. The van der Waals surface area contributed by atoms with E-state index in [1.807, 2.05) is 20.8 Å². The smallest absolute Gasteiger partial charge is 0.221 e. The van der Waals surface area contributed by atoms with Gasteiger partial charge in [0.25, 0.3) is 0 Å². The average Bonchev–Trinajstić information content (AvgIpc) is 2.84. The van der Waals surface area contributed by atoms with Crippen molar-refractivity contribution in [3.63, 3.8) is 0 Å². The molecule has 1 aromatic rings. The van der Waals surface area contributed by atoms with Crippen molar-refractivity contribution in [1.29, 1.82) is 0 Å². The van der Waals surface area contributed by atoms with Crippen LogP contribution in [-0.2, 0) is 16.6 Å². The van der Waals surface area contributed by atoms with Crippen LogP contribution < -0.4 is 4.74 Å². The molecule has 1 heterocycles. The summed E-state index contributed by atoms with van der Waals surface area (Å²) < 4.78 is 26.3. The number of methoxy groups -OCH3 is 1. The fourth-order valence-corrected chi connectivity index (χ4v) is 1.79. The molecule has 7 heteroatoms. The van der Waals surface area contributed by atoms with E-state index in [1.54, 1.807) is 32.7 Å². The maximum atomic E-state index is 13.7. The molecule has 6 nitrogen and oxygen atoms in total. The van der Waals surface area contributed by atoms with Crippen LogP contribution >= 0.6 is 0 Å². The topological polar surface area (TPSA) is 57.9 Å². The van der Waals surface area contributed by atoms with Crippen molar-refractivity contribution >= 4 is 6.21 Å². The molecule has 0 spiro atoms. The lowest BCUT2D eigenvalue weighted by Crippen LogP contribution is -2.18. The van der Waals surface area contributed by atoms with Crippen molar-refractivity contribution in [3.8, 4) is 17.7 Å². The molecular formula is C19H28FN3O3. The third-order valence-corrected chi connectivity index (χ3v) is 3.67. The molecule has 0 saturated carbocycles.